The zero-order chi connectivity index (χ0) is 26.8. The Morgan fingerprint density at radius 2 is 1.84 bits per heavy atom. The standard InChI is InChI=1S/C31H34BN4O2/c1-4-25(21-11-7-5-8-12-21)34-29(32)22-13-14-26-23(17-22)24(30(37)35-26)18-27-19(2)28(20(3)33-27)31(38)36-15-9-6-10-16-36/h5,7-8,11-14,17-18,25,33-34H,4,6,9-10,15-16H2,1-3H3,(H,35,37)/b24-18-/t25-/m1/s1. The Hall–Kier alpha value is -3.87. The molecule has 38 heavy (non-hydrogen) atoms. The van der Waals surface area contributed by atoms with Crippen LogP contribution in [-0.4, -0.2) is 47.9 Å². The molecule has 0 unspecified atom stereocenters. The molecule has 3 N–H and O–H groups in total. The van der Waals surface area contributed by atoms with Crippen LogP contribution >= 0.6 is 0 Å². The molecule has 1 radical (unpaired) electrons. The van der Waals surface area contributed by atoms with Gasteiger partial charge in [-0.1, -0.05) is 0 Å². The molecule has 3 heterocycles. The molecule has 1 atom stereocenters. The molecular formula is C31H34BN4O2. The zero-order valence-electron chi connectivity index (χ0n) is 22.4. The number of amides is 2. The van der Waals surface area contributed by atoms with E-state index in [2.05, 4.69) is 34.7 Å². The van der Waals surface area contributed by atoms with Crippen LogP contribution in [0.15, 0.2) is 48.5 Å². The number of aromatic nitrogens is 1. The van der Waals surface area contributed by atoms with Crippen molar-refractivity contribution in [3.63, 3.8) is 0 Å². The molecule has 0 saturated carbocycles. The van der Waals surface area contributed by atoms with Crippen molar-refractivity contribution in [3.8, 4) is 0 Å². The van der Waals surface area contributed by atoms with Crippen molar-refractivity contribution >= 4 is 42.2 Å². The fourth-order valence-electron chi connectivity index (χ4n) is 5.52. The first-order valence-electron chi connectivity index (χ1n) is 13.5. The van der Waals surface area contributed by atoms with Crippen molar-refractivity contribution in [1.82, 2.24) is 15.2 Å². The topological polar surface area (TPSA) is 77.2 Å². The predicted molar refractivity (Wildman–Crippen MR) is 155 cm³/mol. The van der Waals surface area contributed by atoms with Crippen molar-refractivity contribution in [1.29, 1.82) is 0 Å². The summed E-state index contributed by atoms with van der Waals surface area (Å²) in [6, 6.07) is 16.1. The maximum atomic E-state index is 13.3. The molecule has 5 rings (SSSR count). The first-order valence-corrected chi connectivity index (χ1v) is 13.5. The second-order valence-electron chi connectivity index (χ2n) is 10.2. The minimum absolute atomic E-state index is 0.0662. The van der Waals surface area contributed by atoms with Gasteiger partial charge in [-0.05, 0) is 19.3 Å². The average Bonchev–Trinajstić information content (AvgIpc) is 3.41. The van der Waals surface area contributed by atoms with E-state index < -0.39 is 0 Å². The van der Waals surface area contributed by atoms with E-state index in [1.54, 1.807) is 0 Å². The van der Waals surface area contributed by atoms with Crippen LogP contribution in [0.3, 0.4) is 0 Å². The molecule has 1 fully saturated rings. The van der Waals surface area contributed by atoms with Gasteiger partial charge in [0.25, 0.3) is 0 Å². The van der Waals surface area contributed by atoms with E-state index in [9.17, 15) is 9.59 Å². The third-order valence-electron chi connectivity index (χ3n) is 7.68. The molecule has 1 aromatic heterocycles. The Labute approximate surface area is 225 Å². The van der Waals surface area contributed by atoms with Crippen molar-refractivity contribution in [2.24, 2.45) is 0 Å². The number of benzene rings is 2. The summed E-state index contributed by atoms with van der Waals surface area (Å²) in [4.78, 5) is 31.6. The number of piperidine rings is 1. The van der Waals surface area contributed by atoms with Crippen LogP contribution in [0.25, 0.3) is 11.6 Å². The van der Waals surface area contributed by atoms with Crippen molar-refractivity contribution in [2.75, 3.05) is 18.4 Å². The molecule has 7 heteroatoms. The number of fused-ring (bicyclic) bond motifs is 1. The number of hydrogen-bond donors (Lipinski definition) is 3. The summed E-state index contributed by atoms with van der Waals surface area (Å²) in [6.45, 7) is 7.58. The molecule has 2 amide bonds. The Kier molecular flexibility index (Phi) is 7.36. The third-order valence-corrected chi connectivity index (χ3v) is 7.68. The summed E-state index contributed by atoms with van der Waals surface area (Å²) < 4.78 is 0. The van der Waals surface area contributed by atoms with E-state index >= 15 is 0 Å². The van der Waals surface area contributed by atoms with Crippen LogP contribution < -0.4 is 10.6 Å². The van der Waals surface area contributed by atoms with Crippen LogP contribution in [-0.2, 0) is 4.79 Å². The van der Waals surface area contributed by atoms with Gasteiger partial charge in [-0.25, -0.2) is 0 Å². The summed E-state index contributed by atoms with van der Waals surface area (Å²) in [5.41, 5.74) is 7.81. The van der Waals surface area contributed by atoms with Gasteiger partial charge in [0, 0.05) is 0 Å². The molecule has 3 aromatic rings. The molecule has 193 valence electrons. The van der Waals surface area contributed by atoms with Gasteiger partial charge in [0.1, 0.15) is 0 Å². The number of likely N-dealkylation sites (tertiary alicyclic amines) is 1. The first kappa shape index (κ1) is 25.8. The molecule has 0 spiro atoms. The molecule has 0 bridgehead atoms. The summed E-state index contributed by atoms with van der Waals surface area (Å²) in [5, 5.41) is 6.41. The van der Waals surface area contributed by atoms with Gasteiger partial charge in [-0.2, -0.15) is 0 Å². The van der Waals surface area contributed by atoms with E-state index in [1.165, 1.54) is 12.0 Å². The van der Waals surface area contributed by atoms with E-state index in [0.29, 0.717) is 16.7 Å². The number of carbonyl (C=O) groups excluding carboxylic acids is 2. The number of aromatic amines is 1. The van der Waals surface area contributed by atoms with Gasteiger partial charge in [0.05, 0.1) is 0 Å². The summed E-state index contributed by atoms with van der Waals surface area (Å²) >= 11 is 0. The Bertz CT molecular complexity index is 1420. The van der Waals surface area contributed by atoms with Crippen LogP contribution in [0.1, 0.15) is 82.6 Å². The van der Waals surface area contributed by atoms with Gasteiger partial charge in [-0.15, -0.1) is 0 Å². The normalized spacial score (nSPS) is 16.7. The number of nitrogens with zero attached hydrogens (tertiary/aromatic N) is 1. The van der Waals surface area contributed by atoms with Gasteiger partial charge in [0.15, 0.2) is 0 Å². The number of rotatable bonds is 7. The number of anilines is 1. The minimum atomic E-state index is -0.171. The predicted octanol–water partition coefficient (Wildman–Crippen LogP) is 5.14. The Balaban J connectivity index is 1.43. The Morgan fingerprint density at radius 3 is 2.55 bits per heavy atom. The number of H-pyrrole nitrogens is 1. The van der Waals surface area contributed by atoms with Gasteiger partial charge < -0.3 is 0 Å². The SMILES string of the molecule is [B]=C(N[C@H](CC)c1ccccc1)c1ccc2c(c1)/C(=C/c1[nH]c(C)c(C(=O)N3CCCCC3)c1C)C(=O)N2. The number of nitrogens with one attached hydrogen (secondary N) is 3. The maximum absolute atomic E-state index is 13.3. The van der Waals surface area contributed by atoms with Gasteiger partial charge in [-0.3, -0.25) is 0 Å². The summed E-state index contributed by atoms with van der Waals surface area (Å²) in [7, 11) is 6.52. The number of hydrogen-bond acceptors (Lipinski definition) is 3. The van der Waals surface area contributed by atoms with E-state index in [1.807, 2.05) is 61.2 Å². The quantitative estimate of drug-likeness (QED) is 0.308. The van der Waals surface area contributed by atoms with E-state index in [4.69, 9.17) is 7.49 Å². The van der Waals surface area contributed by atoms with Crippen molar-refractivity contribution in [2.45, 2.75) is 52.5 Å². The van der Waals surface area contributed by atoms with Crippen LogP contribution in [0.5, 0.6) is 0 Å². The van der Waals surface area contributed by atoms with Crippen LogP contribution in [0, 0.1) is 13.8 Å². The van der Waals surface area contributed by atoms with Gasteiger partial charge >= 0.3 is 206 Å². The second-order valence-corrected chi connectivity index (χ2v) is 10.2. The molecule has 6 nitrogen and oxygen atoms in total. The Morgan fingerprint density at radius 1 is 1.11 bits per heavy atom. The van der Waals surface area contributed by atoms with Gasteiger partial charge in [0.2, 0.25) is 0 Å². The molecule has 1 saturated heterocycles. The summed E-state index contributed by atoms with van der Waals surface area (Å²) in [5.74, 6) is -0.105. The second kappa shape index (κ2) is 10.9. The van der Waals surface area contributed by atoms with Crippen LogP contribution in [0.2, 0.25) is 0 Å². The van der Waals surface area contributed by atoms with E-state index in [-0.39, 0.29) is 17.9 Å². The fraction of sp³-hybridized carbons (Fsp3) is 0.323. The van der Waals surface area contributed by atoms with Crippen LogP contribution in [0.4, 0.5) is 5.69 Å². The first-order chi connectivity index (χ1) is 18.4. The molecule has 2 aliphatic heterocycles. The number of aryl methyl sites for hydroxylation is 1. The monoisotopic (exact) mass is 505 g/mol. The van der Waals surface area contributed by atoms with Crippen molar-refractivity contribution in [3.05, 3.63) is 87.7 Å². The molecule has 2 aliphatic rings. The fourth-order valence-corrected chi connectivity index (χ4v) is 5.52. The summed E-state index contributed by atoms with van der Waals surface area (Å²) in [6.07, 6.45) is 5.99. The van der Waals surface area contributed by atoms with E-state index in [0.717, 1.165) is 66.1 Å². The average molecular weight is 505 g/mol. The van der Waals surface area contributed by atoms with Crippen molar-refractivity contribution < 1.29 is 9.59 Å². The zero-order valence-corrected chi connectivity index (χ0v) is 22.4. The third kappa shape index (κ3) is 4.97. The molecular weight excluding hydrogens is 471 g/mol. The number of carbonyl (C=O) groups is 2. The molecule has 2 aromatic carbocycles. The molecule has 0 aliphatic carbocycles.